The maximum Gasteiger partial charge on any atom is 0.335 e. The van der Waals surface area contributed by atoms with Gasteiger partial charge in [-0.25, -0.2) is 4.79 Å². The summed E-state index contributed by atoms with van der Waals surface area (Å²) in [5, 5.41) is 17.3. The van der Waals surface area contributed by atoms with Crippen LogP contribution in [0.4, 0.5) is 11.6 Å². The molecule has 0 aliphatic rings. The Morgan fingerprint density at radius 2 is 2.20 bits per heavy atom. The van der Waals surface area contributed by atoms with Crippen LogP contribution in [0, 0.1) is 0 Å². The van der Waals surface area contributed by atoms with Crippen LogP contribution in [0.25, 0.3) is 0 Å². The van der Waals surface area contributed by atoms with Crippen molar-refractivity contribution in [1.29, 1.82) is 0 Å². The van der Waals surface area contributed by atoms with E-state index in [1.54, 1.807) is 0 Å². The van der Waals surface area contributed by atoms with Gasteiger partial charge in [0.25, 0.3) is 5.91 Å². The lowest BCUT2D eigenvalue weighted by Crippen LogP contribution is -2.15. The average Bonchev–Trinajstić information content (AvgIpc) is 2.85. The summed E-state index contributed by atoms with van der Waals surface area (Å²) >= 11 is 0. The molecular weight excluding hydrogens is 266 g/mol. The van der Waals surface area contributed by atoms with Gasteiger partial charge in [-0.05, 0) is 18.2 Å². The van der Waals surface area contributed by atoms with Crippen molar-refractivity contribution in [3.63, 3.8) is 0 Å². The third-order valence-electron chi connectivity index (χ3n) is 2.41. The van der Waals surface area contributed by atoms with Crippen LogP contribution in [0.5, 0.6) is 5.75 Å². The predicted molar refractivity (Wildman–Crippen MR) is 68.7 cm³/mol. The maximum atomic E-state index is 11.9. The first-order valence-electron chi connectivity index (χ1n) is 5.42. The smallest absolute Gasteiger partial charge is 0.335 e. The van der Waals surface area contributed by atoms with Gasteiger partial charge in [0, 0.05) is 0 Å². The lowest BCUT2D eigenvalue weighted by Gasteiger charge is -2.09. The first-order chi connectivity index (χ1) is 9.51. The molecule has 0 saturated carbocycles. The van der Waals surface area contributed by atoms with Crippen molar-refractivity contribution in [2.75, 3.05) is 18.2 Å². The third-order valence-corrected chi connectivity index (χ3v) is 2.41. The zero-order chi connectivity index (χ0) is 14.7. The second kappa shape index (κ2) is 5.26. The SMILES string of the molecule is COc1ccc(C(=O)O)cc1NC(=O)c1nc(N)n[nH]1. The van der Waals surface area contributed by atoms with Crippen molar-refractivity contribution >= 4 is 23.5 Å². The van der Waals surface area contributed by atoms with Gasteiger partial charge < -0.3 is 20.9 Å². The van der Waals surface area contributed by atoms with E-state index in [-0.39, 0.29) is 23.0 Å². The average molecular weight is 277 g/mol. The number of anilines is 2. The number of amides is 1. The van der Waals surface area contributed by atoms with Crippen molar-refractivity contribution in [3.8, 4) is 5.75 Å². The number of nitrogens with one attached hydrogen (secondary N) is 2. The van der Waals surface area contributed by atoms with Crippen LogP contribution in [0.2, 0.25) is 0 Å². The molecule has 2 aromatic rings. The summed E-state index contributed by atoms with van der Waals surface area (Å²) in [6, 6.07) is 4.08. The van der Waals surface area contributed by atoms with Crippen LogP contribution >= 0.6 is 0 Å². The van der Waals surface area contributed by atoms with E-state index in [9.17, 15) is 9.59 Å². The molecule has 0 spiro atoms. The summed E-state index contributed by atoms with van der Waals surface area (Å²) in [5.41, 5.74) is 5.51. The number of carbonyl (C=O) groups is 2. The highest BCUT2D eigenvalue weighted by Crippen LogP contribution is 2.25. The van der Waals surface area contributed by atoms with Crippen molar-refractivity contribution in [1.82, 2.24) is 15.2 Å². The van der Waals surface area contributed by atoms with Gasteiger partial charge in [-0.2, -0.15) is 4.98 Å². The quantitative estimate of drug-likeness (QED) is 0.631. The van der Waals surface area contributed by atoms with Crippen LogP contribution in [0.1, 0.15) is 21.0 Å². The Kier molecular flexibility index (Phi) is 3.51. The molecule has 1 aromatic heterocycles. The van der Waals surface area contributed by atoms with Crippen molar-refractivity contribution in [3.05, 3.63) is 29.6 Å². The number of nitrogens with two attached hydrogens (primary N) is 1. The molecule has 9 heteroatoms. The summed E-state index contributed by atoms with van der Waals surface area (Å²) in [7, 11) is 1.40. The van der Waals surface area contributed by atoms with Crippen molar-refractivity contribution in [2.24, 2.45) is 0 Å². The fraction of sp³-hybridized carbons (Fsp3) is 0.0909. The Morgan fingerprint density at radius 1 is 1.45 bits per heavy atom. The zero-order valence-corrected chi connectivity index (χ0v) is 10.4. The molecule has 0 atom stereocenters. The largest absolute Gasteiger partial charge is 0.495 e. The number of aromatic nitrogens is 3. The molecular formula is C11H11N5O4. The predicted octanol–water partition coefficient (Wildman–Crippen LogP) is 0.346. The number of hydrogen-bond donors (Lipinski definition) is 4. The molecule has 1 aromatic carbocycles. The van der Waals surface area contributed by atoms with E-state index in [0.29, 0.717) is 5.75 Å². The molecule has 104 valence electrons. The topological polar surface area (TPSA) is 143 Å². The van der Waals surface area contributed by atoms with E-state index in [2.05, 4.69) is 20.5 Å². The van der Waals surface area contributed by atoms with E-state index in [1.807, 2.05) is 0 Å². The Labute approximate surface area is 112 Å². The number of carboxylic acid groups (broad SMARTS) is 1. The van der Waals surface area contributed by atoms with E-state index in [0.717, 1.165) is 0 Å². The summed E-state index contributed by atoms with van der Waals surface area (Å²) in [5.74, 6) is -1.58. The number of aromatic amines is 1. The third kappa shape index (κ3) is 2.66. The number of nitrogens with zero attached hydrogens (tertiary/aromatic N) is 2. The number of H-pyrrole nitrogens is 1. The highest BCUT2D eigenvalue weighted by atomic mass is 16.5. The van der Waals surface area contributed by atoms with Crippen LogP contribution in [-0.4, -0.2) is 39.3 Å². The van der Waals surface area contributed by atoms with Crippen LogP contribution in [0.15, 0.2) is 18.2 Å². The lowest BCUT2D eigenvalue weighted by molar-refractivity contribution is 0.0696. The van der Waals surface area contributed by atoms with E-state index >= 15 is 0 Å². The van der Waals surface area contributed by atoms with Gasteiger partial charge in [0.15, 0.2) is 0 Å². The van der Waals surface area contributed by atoms with Crippen LogP contribution < -0.4 is 15.8 Å². The fourth-order valence-corrected chi connectivity index (χ4v) is 1.50. The molecule has 9 nitrogen and oxygen atoms in total. The molecule has 1 heterocycles. The number of rotatable bonds is 4. The molecule has 0 unspecified atom stereocenters. The van der Waals surface area contributed by atoms with Gasteiger partial charge in [0.2, 0.25) is 11.8 Å². The molecule has 0 fully saturated rings. The normalized spacial score (nSPS) is 10.1. The minimum absolute atomic E-state index is 0.0122. The molecule has 0 saturated heterocycles. The van der Waals surface area contributed by atoms with Gasteiger partial charge in [-0.1, -0.05) is 0 Å². The number of methoxy groups -OCH3 is 1. The molecule has 0 aliphatic heterocycles. The summed E-state index contributed by atoms with van der Waals surface area (Å²) in [6.07, 6.45) is 0. The summed E-state index contributed by atoms with van der Waals surface area (Å²) < 4.78 is 5.04. The van der Waals surface area contributed by atoms with Crippen molar-refractivity contribution < 1.29 is 19.4 Å². The fourth-order valence-electron chi connectivity index (χ4n) is 1.50. The van der Waals surface area contributed by atoms with Gasteiger partial charge in [-0.15, -0.1) is 5.10 Å². The Morgan fingerprint density at radius 3 is 2.75 bits per heavy atom. The molecule has 5 N–H and O–H groups in total. The molecule has 20 heavy (non-hydrogen) atoms. The molecule has 0 aliphatic carbocycles. The standard InChI is InChI=1S/C11H11N5O4/c1-20-7-3-2-5(10(18)19)4-6(7)13-9(17)8-14-11(12)16-15-8/h2-4H,1H3,(H,13,17)(H,18,19)(H3,12,14,15,16). The first-order valence-corrected chi connectivity index (χ1v) is 5.42. The van der Waals surface area contributed by atoms with Crippen molar-refractivity contribution in [2.45, 2.75) is 0 Å². The van der Waals surface area contributed by atoms with E-state index < -0.39 is 11.9 Å². The highest BCUT2D eigenvalue weighted by molar-refractivity contribution is 6.03. The minimum Gasteiger partial charge on any atom is -0.495 e. The molecule has 2 rings (SSSR count). The lowest BCUT2D eigenvalue weighted by atomic mass is 10.2. The van der Waals surface area contributed by atoms with E-state index in [4.69, 9.17) is 15.6 Å². The van der Waals surface area contributed by atoms with Crippen LogP contribution in [0.3, 0.4) is 0 Å². The molecule has 0 radical (unpaired) electrons. The number of nitrogen functional groups attached to an aromatic ring is 1. The number of hydrogen-bond acceptors (Lipinski definition) is 6. The number of carbonyl (C=O) groups excluding carboxylic acids is 1. The zero-order valence-electron chi connectivity index (χ0n) is 10.4. The monoisotopic (exact) mass is 277 g/mol. The Bertz CT molecular complexity index is 667. The number of ether oxygens (including phenoxy) is 1. The van der Waals surface area contributed by atoms with E-state index in [1.165, 1.54) is 25.3 Å². The Hall–Kier alpha value is -3.10. The second-order valence-electron chi connectivity index (χ2n) is 3.72. The van der Waals surface area contributed by atoms with Gasteiger partial charge in [-0.3, -0.25) is 9.89 Å². The van der Waals surface area contributed by atoms with Gasteiger partial charge in [0.1, 0.15) is 5.75 Å². The second-order valence-corrected chi connectivity index (χ2v) is 3.72. The minimum atomic E-state index is -1.12. The molecule has 0 bridgehead atoms. The van der Waals surface area contributed by atoms with Gasteiger partial charge >= 0.3 is 5.97 Å². The maximum absolute atomic E-state index is 11.9. The Balaban J connectivity index is 2.29. The summed E-state index contributed by atoms with van der Waals surface area (Å²) in [6.45, 7) is 0. The van der Waals surface area contributed by atoms with Gasteiger partial charge in [0.05, 0.1) is 18.4 Å². The first kappa shape index (κ1) is 13.3. The highest BCUT2D eigenvalue weighted by Gasteiger charge is 2.15. The number of benzene rings is 1. The number of carboxylic acids is 1. The summed E-state index contributed by atoms with van der Waals surface area (Å²) in [4.78, 5) is 26.4. The molecule has 1 amide bonds. The van der Waals surface area contributed by atoms with Crippen LogP contribution in [-0.2, 0) is 0 Å². The number of aromatic carboxylic acids is 1.